The van der Waals surface area contributed by atoms with Crippen molar-refractivity contribution in [1.29, 1.82) is 0 Å². The summed E-state index contributed by atoms with van der Waals surface area (Å²) in [5.74, 6) is 0.898. The molecule has 27 heavy (non-hydrogen) atoms. The van der Waals surface area contributed by atoms with E-state index < -0.39 is 0 Å². The van der Waals surface area contributed by atoms with Crippen LogP contribution >= 0.6 is 0 Å². The summed E-state index contributed by atoms with van der Waals surface area (Å²) in [6, 6.07) is 15.9. The second-order valence-corrected chi connectivity index (χ2v) is 8.21. The van der Waals surface area contributed by atoms with Crippen molar-refractivity contribution in [3.63, 3.8) is 0 Å². The molecule has 2 aliphatic rings. The molecule has 0 radical (unpaired) electrons. The van der Waals surface area contributed by atoms with E-state index in [-0.39, 0.29) is 17.2 Å². The van der Waals surface area contributed by atoms with Crippen LogP contribution < -0.4 is 0 Å². The summed E-state index contributed by atoms with van der Waals surface area (Å²) in [6.45, 7) is 4.51. The fourth-order valence-electron chi connectivity index (χ4n) is 4.83. The van der Waals surface area contributed by atoms with Crippen LogP contribution in [0.1, 0.15) is 46.7 Å². The number of aryl methyl sites for hydroxylation is 1. The van der Waals surface area contributed by atoms with Gasteiger partial charge in [0.2, 0.25) is 0 Å². The van der Waals surface area contributed by atoms with Crippen LogP contribution in [0.25, 0.3) is 0 Å². The summed E-state index contributed by atoms with van der Waals surface area (Å²) < 4.78 is 0. The van der Waals surface area contributed by atoms with Gasteiger partial charge in [0.1, 0.15) is 5.75 Å². The van der Waals surface area contributed by atoms with Crippen LogP contribution in [0.3, 0.4) is 0 Å². The first-order valence-electron chi connectivity index (χ1n) is 9.84. The summed E-state index contributed by atoms with van der Waals surface area (Å²) in [7, 11) is 2.24. The van der Waals surface area contributed by atoms with Crippen molar-refractivity contribution in [2.75, 3.05) is 26.7 Å². The van der Waals surface area contributed by atoms with Gasteiger partial charge in [-0.3, -0.25) is 9.69 Å². The Kier molecular flexibility index (Phi) is 4.68. The Morgan fingerprint density at radius 1 is 1.11 bits per heavy atom. The predicted octanol–water partition coefficient (Wildman–Crippen LogP) is 3.79. The molecule has 4 rings (SSSR count). The van der Waals surface area contributed by atoms with Gasteiger partial charge in [0.05, 0.1) is 0 Å². The summed E-state index contributed by atoms with van der Waals surface area (Å²) >= 11 is 0. The Hall–Kier alpha value is -2.33. The van der Waals surface area contributed by atoms with Crippen molar-refractivity contribution in [2.24, 2.45) is 0 Å². The molecule has 2 aromatic rings. The van der Waals surface area contributed by atoms with Crippen LogP contribution in [-0.4, -0.2) is 53.0 Å². The van der Waals surface area contributed by atoms with Crippen molar-refractivity contribution >= 4 is 5.91 Å². The van der Waals surface area contributed by atoms with Crippen LogP contribution in [0.4, 0.5) is 0 Å². The molecule has 2 fully saturated rings. The Morgan fingerprint density at radius 2 is 1.81 bits per heavy atom. The molecule has 2 aromatic carbocycles. The maximum atomic E-state index is 12.9. The highest BCUT2D eigenvalue weighted by Gasteiger charge is 2.46. The van der Waals surface area contributed by atoms with E-state index in [1.807, 2.05) is 11.8 Å². The number of carbonyl (C=O) groups excluding carboxylic acids is 1. The van der Waals surface area contributed by atoms with Gasteiger partial charge in [-0.25, -0.2) is 0 Å². The molecular formula is C23H28N2O2. The number of benzene rings is 2. The number of hydrogen-bond acceptors (Lipinski definition) is 3. The maximum absolute atomic E-state index is 12.9. The zero-order valence-electron chi connectivity index (χ0n) is 16.2. The van der Waals surface area contributed by atoms with Crippen LogP contribution in [-0.2, 0) is 0 Å². The van der Waals surface area contributed by atoms with E-state index in [1.165, 1.54) is 12.0 Å². The Balaban J connectivity index is 1.43. The van der Waals surface area contributed by atoms with Gasteiger partial charge in [-0.05, 0) is 68.5 Å². The first kappa shape index (κ1) is 18.1. The molecule has 142 valence electrons. The van der Waals surface area contributed by atoms with E-state index in [9.17, 15) is 9.90 Å². The predicted molar refractivity (Wildman–Crippen MR) is 107 cm³/mol. The molecular weight excluding hydrogens is 336 g/mol. The number of likely N-dealkylation sites (N-methyl/N-ethyl adjacent to an activating group) is 1. The molecule has 1 atom stereocenters. The first-order valence-corrected chi connectivity index (χ1v) is 9.84. The number of rotatable bonds is 2. The molecule has 4 heteroatoms. The topological polar surface area (TPSA) is 43.8 Å². The quantitative estimate of drug-likeness (QED) is 0.882. The fraction of sp³-hybridized carbons (Fsp3) is 0.435. The molecule has 2 heterocycles. The Morgan fingerprint density at radius 3 is 2.48 bits per heavy atom. The lowest BCUT2D eigenvalue weighted by atomic mass is 9.81. The lowest BCUT2D eigenvalue weighted by Gasteiger charge is -2.43. The standard InChI is InChI=1S/C23H28N2O2/c1-17-14-19(8-9-21(17)26)22(27)25-12-10-23(11-13-25)15-20(16-24(23)2)18-6-4-3-5-7-18/h3-9,14,20,26H,10-13,15-16H2,1-2H3/t20-/m1/s1. The number of carbonyl (C=O) groups is 1. The molecule has 0 bridgehead atoms. The summed E-state index contributed by atoms with van der Waals surface area (Å²) in [5, 5.41) is 9.69. The highest BCUT2D eigenvalue weighted by molar-refractivity contribution is 5.94. The molecule has 1 N–H and O–H groups in total. The Bertz CT molecular complexity index is 826. The van der Waals surface area contributed by atoms with E-state index in [2.05, 4.69) is 42.3 Å². The van der Waals surface area contributed by atoms with Crippen molar-refractivity contribution in [3.8, 4) is 5.75 Å². The van der Waals surface area contributed by atoms with Crippen LogP contribution in [0.2, 0.25) is 0 Å². The lowest BCUT2D eigenvalue weighted by Crippen LogP contribution is -2.52. The average molecular weight is 364 g/mol. The molecule has 1 spiro atoms. The van der Waals surface area contributed by atoms with Gasteiger partial charge in [-0.15, -0.1) is 0 Å². The normalized spacial score (nSPS) is 22.3. The van der Waals surface area contributed by atoms with Gasteiger partial charge in [0, 0.05) is 30.7 Å². The summed E-state index contributed by atoms with van der Waals surface area (Å²) in [5.41, 5.74) is 3.06. The van der Waals surface area contributed by atoms with E-state index in [4.69, 9.17) is 0 Å². The van der Waals surface area contributed by atoms with Crippen molar-refractivity contribution < 1.29 is 9.90 Å². The molecule has 1 amide bonds. The third-order valence-corrected chi connectivity index (χ3v) is 6.63. The third kappa shape index (κ3) is 3.34. The van der Waals surface area contributed by atoms with E-state index in [0.29, 0.717) is 11.5 Å². The molecule has 0 aromatic heterocycles. The number of hydrogen-bond donors (Lipinski definition) is 1. The average Bonchev–Trinajstić information content (AvgIpc) is 3.01. The second-order valence-electron chi connectivity index (χ2n) is 8.21. The van der Waals surface area contributed by atoms with Gasteiger partial charge in [-0.2, -0.15) is 0 Å². The molecule has 2 aliphatic heterocycles. The zero-order valence-corrected chi connectivity index (χ0v) is 16.2. The summed E-state index contributed by atoms with van der Waals surface area (Å²) in [6.07, 6.45) is 3.22. The smallest absolute Gasteiger partial charge is 0.253 e. The number of phenolic OH excluding ortho intramolecular Hbond substituents is 1. The first-order chi connectivity index (χ1) is 13.0. The van der Waals surface area contributed by atoms with Crippen molar-refractivity contribution in [1.82, 2.24) is 9.80 Å². The van der Waals surface area contributed by atoms with Gasteiger partial charge < -0.3 is 10.0 Å². The highest BCUT2D eigenvalue weighted by atomic mass is 16.3. The number of likely N-dealkylation sites (tertiary alicyclic amines) is 2. The van der Waals surface area contributed by atoms with Gasteiger partial charge in [0.15, 0.2) is 0 Å². The van der Waals surface area contributed by atoms with Crippen LogP contribution in [0, 0.1) is 6.92 Å². The van der Waals surface area contributed by atoms with Crippen LogP contribution in [0.15, 0.2) is 48.5 Å². The molecule has 0 aliphatic carbocycles. The minimum atomic E-state index is 0.0770. The van der Waals surface area contributed by atoms with E-state index in [1.54, 1.807) is 18.2 Å². The minimum absolute atomic E-state index is 0.0770. The zero-order chi connectivity index (χ0) is 19.0. The monoisotopic (exact) mass is 364 g/mol. The van der Waals surface area contributed by atoms with Gasteiger partial charge >= 0.3 is 0 Å². The van der Waals surface area contributed by atoms with E-state index in [0.717, 1.165) is 38.0 Å². The fourth-order valence-corrected chi connectivity index (χ4v) is 4.83. The summed E-state index contributed by atoms with van der Waals surface area (Å²) in [4.78, 5) is 17.4. The SMILES string of the molecule is Cc1cc(C(=O)N2CCC3(CC2)C[C@@H](c2ccccc2)CN3C)ccc1O. The van der Waals surface area contributed by atoms with Gasteiger partial charge in [-0.1, -0.05) is 30.3 Å². The highest BCUT2D eigenvalue weighted by Crippen LogP contribution is 2.44. The largest absolute Gasteiger partial charge is 0.508 e. The number of nitrogens with zero attached hydrogens (tertiary/aromatic N) is 2. The minimum Gasteiger partial charge on any atom is -0.508 e. The third-order valence-electron chi connectivity index (χ3n) is 6.63. The van der Waals surface area contributed by atoms with Crippen LogP contribution in [0.5, 0.6) is 5.75 Å². The van der Waals surface area contributed by atoms with Crippen molar-refractivity contribution in [2.45, 2.75) is 37.6 Å². The number of amides is 1. The molecule has 0 unspecified atom stereocenters. The van der Waals surface area contributed by atoms with Gasteiger partial charge in [0.25, 0.3) is 5.91 Å². The number of piperidine rings is 1. The Labute approximate surface area is 161 Å². The molecule has 0 saturated carbocycles. The molecule has 2 saturated heterocycles. The number of phenols is 1. The second kappa shape index (κ2) is 7.01. The molecule has 4 nitrogen and oxygen atoms in total. The van der Waals surface area contributed by atoms with Crippen molar-refractivity contribution in [3.05, 3.63) is 65.2 Å². The van der Waals surface area contributed by atoms with E-state index >= 15 is 0 Å². The lowest BCUT2D eigenvalue weighted by molar-refractivity contribution is 0.0492. The maximum Gasteiger partial charge on any atom is 0.253 e. The number of aromatic hydroxyl groups is 1.